The van der Waals surface area contributed by atoms with Crippen LogP contribution in [0, 0.1) is 0 Å². The Balaban J connectivity index is 1.12. The van der Waals surface area contributed by atoms with Gasteiger partial charge in [-0.05, 0) is 34.4 Å². The van der Waals surface area contributed by atoms with Crippen molar-refractivity contribution in [1.82, 2.24) is 5.32 Å². The summed E-state index contributed by atoms with van der Waals surface area (Å²) in [7, 11) is 0. The molecule has 2 aliphatic heterocycles. The molecule has 11 nitrogen and oxygen atoms in total. The molecule has 0 spiro atoms. The first-order valence-corrected chi connectivity index (χ1v) is 19.3. The van der Waals surface area contributed by atoms with E-state index in [0.29, 0.717) is 6.61 Å². The Labute approximate surface area is 336 Å². The Morgan fingerprint density at radius 2 is 1.05 bits per heavy atom. The summed E-state index contributed by atoms with van der Waals surface area (Å²) in [5.41, 5.74) is 3.79. The van der Waals surface area contributed by atoms with Gasteiger partial charge in [-0.15, -0.1) is 0 Å². The molecule has 2 unspecified atom stereocenters. The van der Waals surface area contributed by atoms with Crippen LogP contribution in [-0.4, -0.2) is 67.0 Å². The molecule has 11 heteroatoms. The maximum Gasteiger partial charge on any atom is 0.259 e. The van der Waals surface area contributed by atoms with Gasteiger partial charge in [0.1, 0.15) is 30.2 Å². The molecule has 8 rings (SSSR count). The standard InChI is InChI=1S/C47H43NO10/c49-37-25-36(40(50)43-41(37)58-43)48-46(51)35-23-13-14-24-38(35)56-47-45(55-29-34-21-11-4-12-22-34)44(54-28-33-19-9-3-10-20-33)42(53-27-32-17-7-2-8-18-32)39(57-47)30-52-26-31-15-5-1-6-16-31/h1-25,39,41-45,47H,26-30H2,(H,48,51)/t39-,41?,42-,43?,44+,45-,47-/m1/s1. The van der Waals surface area contributed by atoms with E-state index < -0.39 is 54.6 Å². The van der Waals surface area contributed by atoms with Crippen LogP contribution in [-0.2, 0) is 64.4 Å². The highest BCUT2D eigenvalue weighted by molar-refractivity contribution is 6.17. The fourth-order valence-corrected chi connectivity index (χ4v) is 6.99. The van der Waals surface area contributed by atoms with E-state index >= 15 is 0 Å². The lowest BCUT2D eigenvalue weighted by molar-refractivity contribution is -0.310. The third-order valence-corrected chi connectivity index (χ3v) is 10.0. The highest BCUT2D eigenvalue weighted by atomic mass is 16.7. The first kappa shape index (κ1) is 39.1. The van der Waals surface area contributed by atoms with Crippen LogP contribution in [0.15, 0.2) is 157 Å². The number of para-hydroxylation sites is 1. The molecule has 0 saturated carbocycles. The zero-order valence-corrected chi connectivity index (χ0v) is 31.6. The Morgan fingerprint density at radius 1 is 0.552 bits per heavy atom. The number of amides is 1. The number of carbonyl (C=O) groups excluding carboxylic acids is 3. The highest BCUT2D eigenvalue weighted by Crippen LogP contribution is 2.34. The lowest BCUT2D eigenvalue weighted by atomic mass is 9.97. The molecule has 58 heavy (non-hydrogen) atoms. The second kappa shape index (κ2) is 18.6. The van der Waals surface area contributed by atoms with Crippen molar-refractivity contribution in [1.29, 1.82) is 0 Å². The largest absolute Gasteiger partial charge is 0.461 e. The minimum atomic E-state index is -1.14. The smallest absolute Gasteiger partial charge is 0.259 e. The zero-order chi connectivity index (χ0) is 39.7. The molecule has 1 N–H and O–H groups in total. The van der Waals surface area contributed by atoms with Crippen molar-refractivity contribution in [2.75, 3.05) is 6.61 Å². The molecular formula is C47H43NO10. The number of hydrogen-bond donors (Lipinski definition) is 1. The fraction of sp³-hybridized carbons (Fsp3) is 0.255. The number of hydrogen-bond acceptors (Lipinski definition) is 10. The van der Waals surface area contributed by atoms with Crippen LogP contribution in [0.25, 0.3) is 0 Å². The molecule has 2 fully saturated rings. The second-order valence-corrected chi connectivity index (χ2v) is 14.2. The summed E-state index contributed by atoms with van der Waals surface area (Å²) in [5, 5.41) is 2.60. The quantitative estimate of drug-likeness (QED) is 0.107. The number of rotatable bonds is 17. The fourth-order valence-electron chi connectivity index (χ4n) is 6.99. The van der Waals surface area contributed by atoms with Crippen LogP contribution in [0.3, 0.4) is 0 Å². The van der Waals surface area contributed by atoms with Gasteiger partial charge in [0.2, 0.25) is 12.1 Å². The molecule has 2 heterocycles. The summed E-state index contributed by atoms with van der Waals surface area (Å²) in [5.74, 6) is -1.32. The number of fused-ring (bicyclic) bond motifs is 1. The van der Waals surface area contributed by atoms with Gasteiger partial charge >= 0.3 is 0 Å². The third-order valence-electron chi connectivity index (χ3n) is 10.0. The van der Waals surface area contributed by atoms with Crippen molar-refractivity contribution in [2.45, 2.75) is 69.3 Å². The third kappa shape index (κ3) is 9.66. The SMILES string of the molecule is O=C(NC1=CC(=O)C2OC2C1=O)c1ccccc1O[C@@H]1O[C@H](COCc2ccccc2)[C@@H](OCc2ccccc2)[C@H](OCc2ccccc2)[C@H]1OCc1ccccc1. The molecule has 0 radical (unpaired) electrons. The van der Waals surface area contributed by atoms with Crippen molar-refractivity contribution < 1.29 is 47.5 Å². The zero-order valence-electron chi connectivity index (χ0n) is 31.6. The monoisotopic (exact) mass is 781 g/mol. The molecule has 5 aromatic rings. The maximum atomic E-state index is 13.8. The molecule has 7 atom stereocenters. The molecule has 1 aliphatic carbocycles. The van der Waals surface area contributed by atoms with Gasteiger partial charge in [-0.1, -0.05) is 133 Å². The van der Waals surface area contributed by atoms with E-state index in [1.54, 1.807) is 24.3 Å². The van der Waals surface area contributed by atoms with Gasteiger partial charge in [-0.25, -0.2) is 0 Å². The van der Waals surface area contributed by atoms with Gasteiger partial charge in [0.15, 0.2) is 18.0 Å². The summed E-state index contributed by atoms with van der Waals surface area (Å²) in [4.78, 5) is 39.0. The Morgan fingerprint density at radius 3 is 1.64 bits per heavy atom. The van der Waals surface area contributed by atoms with Crippen LogP contribution >= 0.6 is 0 Å². The minimum Gasteiger partial charge on any atom is -0.461 e. The summed E-state index contributed by atoms with van der Waals surface area (Å²) in [6, 6.07) is 45.8. The maximum absolute atomic E-state index is 13.8. The van der Waals surface area contributed by atoms with Gasteiger partial charge in [0.05, 0.1) is 44.3 Å². The number of ketones is 2. The van der Waals surface area contributed by atoms with E-state index in [2.05, 4.69) is 5.32 Å². The first-order chi connectivity index (χ1) is 28.5. The second-order valence-electron chi connectivity index (χ2n) is 14.2. The number of benzene rings is 5. The van der Waals surface area contributed by atoms with Gasteiger partial charge in [0.25, 0.3) is 5.91 Å². The first-order valence-electron chi connectivity index (χ1n) is 19.3. The summed E-state index contributed by atoms with van der Waals surface area (Å²) >= 11 is 0. The van der Waals surface area contributed by atoms with Crippen molar-refractivity contribution in [3.8, 4) is 5.75 Å². The van der Waals surface area contributed by atoms with E-state index in [0.717, 1.165) is 28.3 Å². The van der Waals surface area contributed by atoms with Crippen LogP contribution < -0.4 is 10.1 Å². The summed E-state index contributed by atoms with van der Waals surface area (Å²) in [6.45, 7) is 1.13. The molecule has 3 aliphatic rings. The van der Waals surface area contributed by atoms with Crippen LogP contribution in [0.5, 0.6) is 5.75 Å². The normalized spacial score (nSPS) is 23.7. The average Bonchev–Trinajstić information content (AvgIpc) is 4.08. The molecule has 0 aromatic heterocycles. The Kier molecular flexibility index (Phi) is 12.6. The van der Waals surface area contributed by atoms with E-state index in [1.807, 2.05) is 121 Å². The predicted molar refractivity (Wildman–Crippen MR) is 211 cm³/mol. The molecule has 1 amide bonds. The number of carbonyl (C=O) groups is 3. The lowest BCUT2D eigenvalue weighted by Crippen LogP contribution is -2.62. The van der Waals surface area contributed by atoms with Gasteiger partial charge < -0.3 is 38.5 Å². The van der Waals surface area contributed by atoms with Gasteiger partial charge in [0, 0.05) is 6.08 Å². The van der Waals surface area contributed by atoms with E-state index in [9.17, 15) is 14.4 Å². The van der Waals surface area contributed by atoms with Crippen molar-refractivity contribution >= 4 is 17.5 Å². The minimum absolute atomic E-state index is 0.106. The Hall–Kier alpha value is -5.79. The number of epoxide rings is 1. The number of ether oxygens (including phenoxy) is 7. The van der Waals surface area contributed by atoms with E-state index in [-0.39, 0.29) is 49.2 Å². The number of Topliss-reactive ketones (excluding diaryl/α,β-unsaturated/α-hetero) is 1. The number of nitrogens with one attached hydrogen (secondary N) is 1. The average molecular weight is 782 g/mol. The van der Waals surface area contributed by atoms with Gasteiger partial charge in [-0.2, -0.15) is 0 Å². The predicted octanol–water partition coefficient (Wildman–Crippen LogP) is 6.30. The highest BCUT2D eigenvalue weighted by Gasteiger charge is 2.54. The van der Waals surface area contributed by atoms with E-state index in [4.69, 9.17) is 33.2 Å². The lowest BCUT2D eigenvalue weighted by Gasteiger charge is -2.45. The summed E-state index contributed by atoms with van der Waals surface area (Å²) in [6.07, 6.45) is -4.76. The summed E-state index contributed by atoms with van der Waals surface area (Å²) < 4.78 is 45.2. The van der Waals surface area contributed by atoms with Crippen LogP contribution in [0.4, 0.5) is 0 Å². The molecule has 2 saturated heterocycles. The van der Waals surface area contributed by atoms with Crippen LogP contribution in [0.1, 0.15) is 32.6 Å². The topological polar surface area (TPSA) is 131 Å². The molecule has 296 valence electrons. The van der Waals surface area contributed by atoms with E-state index in [1.165, 1.54) is 0 Å². The molecule has 0 bridgehead atoms. The molecular weight excluding hydrogens is 739 g/mol. The van der Waals surface area contributed by atoms with Crippen LogP contribution in [0.2, 0.25) is 0 Å². The van der Waals surface area contributed by atoms with Crippen molar-refractivity contribution in [2.24, 2.45) is 0 Å². The Bertz CT molecular complexity index is 2180. The van der Waals surface area contributed by atoms with Gasteiger partial charge in [-0.3, -0.25) is 14.4 Å². The van der Waals surface area contributed by atoms with Crippen molar-refractivity contribution in [3.05, 3.63) is 185 Å². The molecule has 5 aromatic carbocycles. The van der Waals surface area contributed by atoms with Crippen molar-refractivity contribution in [3.63, 3.8) is 0 Å².